The number of hydrogen-bond acceptors (Lipinski definition) is 4. The summed E-state index contributed by atoms with van der Waals surface area (Å²) in [5.74, 6) is -0.140. The van der Waals surface area contributed by atoms with Crippen LogP contribution in [0.4, 0.5) is 0 Å². The molecule has 0 saturated heterocycles. The molecular weight excluding hydrogens is 280 g/mol. The van der Waals surface area contributed by atoms with Crippen LogP contribution in [0.5, 0.6) is 5.75 Å². The molecule has 0 aromatic heterocycles. The summed E-state index contributed by atoms with van der Waals surface area (Å²) in [7, 11) is -2.99. The molecule has 0 fully saturated rings. The molecule has 2 aromatic rings. The summed E-state index contributed by atoms with van der Waals surface area (Å²) in [5.41, 5.74) is 0.479. The van der Waals surface area contributed by atoms with E-state index in [2.05, 4.69) is 0 Å². The zero-order chi connectivity index (χ0) is 14.8. The van der Waals surface area contributed by atoms with Gasteiger partial charge in [0.25, 0.3) is 10.1 Å². The van der Waals surface area contributed by atoms with E-state index in [4.69, 9.17) is 9.29 Å². The van der Waals surface area contributed by atoms with Gasteiger partial charge in [-0.2, -0.15) is 8.42 Å². The van der Waals surface area contributed by atoms with Gasteiger partial charge in [-0.05, 0) is 18.2 Å². The molecule has 5 nitrogen and oxygen atoms in total. The first kappa shape index (κ1) is 14.2. The van der Waals surface area contributed by atoms with E-state index in [-0.39, 0.29) is 22.0 Å². The van der Waals surface area contributed by atoms with Crippen LogP contribution in [0.1, 0.15) is 15.9 Å². The fourth-order valence-corrected chi connectivity index (χ4v) is 2.28. The second kappa shape index (κ2) is 5.44. The van der Waals surface area contributed by atoms with E-state index < -0.39 is 10.1 Å². The summed E-state index contributed by atoms with van der Waals surface area (Å²) in [6.45, 7) is 0. The lowest BCUT2D eigenvalue weighted by Crippen LogP contribution is -2.07. The van der Waals surface area contributed by atoms with Gasteiger partial charge in [-0.25, -0.2) is 0 Å². The molecular formula is C14H12O5S. The molecule has 104 valence electrons. The highest BCUT2D eigenvalue weighted by molar-refractivity contribution is 7.85. The van der Waals surface area contributed by atoms with Gasteiger partial charge in [0.2, 0.25) is 0 Å². The maximum Gasteiger partial charge on any atom is 0.294 e. The third-order valence-electron chi connectivity index (χ3n) is 2.75. The normalized spacial score (nSPS) is 11.1. The number of methoxy groups -OCH3 is 1. The molecule has 0 atom stereocenters. The summed E-state index contributed by atoms with van der Waals surface area (Å²) in [6, 6.07) is 12.0. The minimum Gasteiger partial charge on any atom is -0.496 e. The zero-order valence-electron chi connectivity index (χ0n) is 10.6. The smallest absolute Gasteiger partial charge is 0.294 e. The molecule has 20 heavy (non-hydrogen) atoms. The van der Waals surface area contributed by atoms with E-state index in [1.165, 1.54) is 19.2 Å². The molecule has 0 unspecified atom stereocenters. The van der Waals surface area contributed by atoms with Crippen molar-refractivity contribution in [3.05, 3.63) is 59.7 Å². The van der Waals surface area contributed by atoms with Gasteiger partial charge in [0.15, 0.2) is 5.78 Å². The van der Waals surface area contributed by atoms with Crippen molar-refractivity contribution in [2.75, 3.05) is 7.11 Å². The second-order valence-electron chi connectivity index (χ2n) is 4.03. The molecule has 0 heterocycles. The molecule has 0 bridgehead atoms. The lowest BCUT2D eigenvalue weighted by Gasteiger charge is -2.09. The van der Waals surface area contributed by atoms with E-state index in [1.54, 1.807) is 30.3 Å². The maximum absolute atomic E-state index is 12.3. The van der Waals surface area contributed by atoms with E-state index in [9.17, 15) is 13.2 Å². The first-order chi connectivity index (χ1) is 9.43. The molecule has 0 spiro atoms. The largest absolute Gasteiger partial charge is 0.496 e. The van der Waals surface area contributed by atoms with Crippen LogP contribution in [0.3, 0.4) is 0 Å². The number of rotatable bonds is 4. The Kier molecular flexibility index (Phi) is 3.87. The molecule has 2 rings (SSSR count). The Labute approximate surface area is 116 Å². The van der Waals surface area contributed by atoms with Gasteiger partial charge < -0.3 is 4.74 Å². The molecule has 0 aliphatic rings. The predicted molar refractivity (Wildman–Crippen MR) is 72.7 cm³/mol. The Bertz CT molecular complexity index is 735. The molecule has 0 aliphatic carbocycles. The summed E-state index contributed by atoms with van der Waals surface area (Å²) >= 11 is 0. The van der Waals surface area contributed by atoms with Crippen LogP contribution in [0, 0.1) is 0 Å². The van der Waals surface area contributed by atoms with Gasteiger partial charge in [0.1, 0.15) is 5.75 Å². The van der Waals surface area contributed by atoms with Gasteiger partial charge in [0, 0.05) is 5.56 Å². The van der Waals surface area contributed by atoms with E-state index in [0.29, 0.717) is 5.56 Å². The van der Waals surface area contributed by atoms with Crippen LogP contribution in [0.25, 0.3) is 0 Å². The molecule has 0 aliphatic heterocycles. The van der Waals surface area contributed by atoms with Gasteiger partial charge in [-0.1, -0.05) is 30.3 Å². The van der Waals surface area contributed by atoms with Crippen molar-refractivity contribution in [2.45, 2.75) is 4.90 Å². The van der Waals surface area contributed by atoms with Crippen LogP contribution < -0.4 is 4.74 Å². The van der Waals surface area contributed by atoms with Crippen molar-refractivity contribution in [3.8, 4) is 5.75 Å². The number of ketones is 1. The molecule has 6 heteroatoms. The van der Waals surface area contributed by atoms with Crippen molar-refractivity contribution in [3.63, 3.8) is 0 Å². The Morgan fingerprint density at radius 1 is 1.10 bits per heavy atom. The predicted octanol–water partition coefficient (Wildman–Crippen LogP) is 2.17. The molecule has 1 N–H and O–H groups in total. The lowest BCUT2D eigenvalue weighted by atomic mass is 10.0. The van der Waals surface area contributed by atoms with E-state index in [1.807, 2.05) is 0 Å². The number of carbonyl (C=O) groups excluding carboxylic acids is 1. The highest BCUT2D eigenvalue weighted by Crippen LogP contribution is 2.25. The SMILES string of the molecule is COc1ccc(S(=O)(=O)O)cc1C(=O)c1ccccc1. The van der Waals surface area contributed by atoms with Gasteiger partial charge in [-0.15, -0.1) is 0 Å². The average molecular weight is 292 g/mol. The highest BCUT2D eigenvalue weighted by atomic mass is 32.2. The molecule has 0 radical (unpaired) electrons. The van der Waals surface area contributed by atoms with Crippen LogP contribution in [-0.4, -0.2) is 25.9 Å². The fraction of sp³-hybridized carbons (Fsp3) is 0.0714. The first-order valence-electron chi connectivity index (χ1n) is 5.69. The third-order valence-corrected chi connectivity index (χ3v) is 3.60. The Hall–Kier alpha value is -2.18. The summed E-state index contributed by atoms with van der Waals surface area (Å²) in [5, 5.41) is 0. The maximum atomic E-state index is 12.3. The minimum absolute atomic E-state index is 0.0776. The van der Waals surface area contributed by atoms with Crippen molar-refractivity contribution in [1.29, 1.82) is 0 Å². The number of carbonyl (C=O) groups is 1. The standard InChI is InChI=1S/C14H12O5S/c1-19-13-8-7-11(20(16,17)18)9-12(13)14(15)10-5-3-2-4-6-10/h2-9H,1H3,(H,16,17,18). The number of ether oxygens (including phenoxy) is 1. The van der Waals surface area contributed by atoms with Crippen molar-refractivity contribution < 1.29 is 22.5 Å². The van der Waals surface area contributed by atoms with Crippen LogP contribution >= 0.6 is 0 Å². The van der Waals surface area contributed by atoms with Crippen LogP contribution in [0.2, 0.25) is 0 Å². The Balaban J connectivity index is 2.57. The lowest BCUT2D eigenvalue weighted by molar-refractivity contribution is 0.103. The number of benzene rings is 2. The second-order valence-corrected chi connectivity index (χ2v) is 5.45. The van der Waals surface area contributed by atoms with Crippen molar-refractivity contribution >= 4 is 15.9 Å². The summed E-state index contributed by atoms with van der Waals surface area (Å²) < 4.78 is 36.4. The number of hydrogen-bond donors (Lipinski definition) is 1. The van der Waals surface area contributed by atoms with Crippen LogP contribution in [0.15, 0.2) is 53.4 Å². The fourth-order valence-electron chi connectivity index (χ4n) is 1.77. The third kappa shape index (κ3) is 2.87. The van der Waals surface area contributed by atoms with E-state index >= 15 is 0 Å². The highest BCUT2D eigenvalue weighted by Gasteiger charge is 2.18. The Morgan fingerprint density at radius 3 is 2.30 bits per heavy atom. The van der Waals surface area contributed by atoms with Gasteiger partial charge >= 0.3 is 0 Å². The summed E-state index contributed by atoms with van der Waals surface area (Å²) in [4.78, 5) is 12.0. The topological polar surface area (TPSA) is 80.7 Å². The minimum atomic E-state index is -4.37. The molecule has 0 amide bonds. The van der Waals surface area contributed by atoms with Crippen LogP contribution in [-0.2, 0) is 10.1 Å². The summed E-state index contributed by atoms with van der Waals surface area (Å²) in [6.07, 6.45) is 0. The quantitative estimate of drug-likeness (QED) is 0.690. The molecule has 0 saturated carbocycles. The Morgan fingerprint density at radius 2 is 1.75 bits per heavy atom. The molecule has 2 aromatic carbocycles. The average Bonchev–Trinajstić information content (AvgIpc) is 2.45. The first-order valence-corrected chi connectivity index (χ1v) is 7.13. The van der Waals surface area contributed by atoms with E-state index in [0.717, 1.165) is 6.07 Å². The van der Waals surface area contributed by atoms with Crippen molar-refractivity contribution in [1.82, 2.24) is 0 Å². The van der Waals surface area contributed by atoms with Gasteiger partial charge in [-0.3, -0.25) is 9.35 Å². The monoisotopic (exact) mass is 292 g/mol. The zero-order valence-corrected chi connectivity index (χ0v) is 11.4. The van der Waals surface area contributed by atoms with Gasteiger partial charge in [0.05, 0.1) is 17.6 Å². The van der Waals surface area contributed by atoms with Crippen molar-refractivity contribution in [2.24, 2.45) is 0 Å².